The van der Waals surface area contributed by atoms with Crippen molar-refractivity contribution in [3.8, 4) is 0 Å². The van der Waals surface area contributed by atoms with E-state index in [0.717, 1.165) is 18.5 Å². The van der Waals surface area contributed by atoms with Gasteiger partial charge in [0.25, 0.3) is 0 Å². The number of rotatable bonds is 3. The van der Waals surface area contributed by atoms with Gasteiger partial charge in [-0.3, -0.25) is 4.98 Å². The van der Waals surface area contributed by atoms with Gasteiger partial charge in [-0.2, -0.15) is 0 Å². The van der Waals surface area contributed by atoms with E-state index in [1.807, 2.05) is 7.05 Å². The molecule has 1 heterocycles. The summed E-state index contributed by atoms with van der Waals surface area (Å²) in [5.41, 5.74) is 1.07. The monoisotopic (exact) mass is 234 g/mol. The van der Waals surface area contributed by atoms with E-state index < -0.39 is 5.97 Å². The van der Waals surface area contributed by atoms with Gasteiger partial charge in [0.05, 0.1) is 5.69 Å². The largest absolute Gasteiger partial charge is 0.478 e. The van der Waals surface area contributed by atoms with Crippen LogP contribution in [0.15, 0.2) is 18.5 Å². The lowest BCUT2D eigenvalue weighted by molar-refractivity contribution is 0.0697. The van der Waals surface area contributed by atoms with Crippen LogP contribution in [0.2, 0.25) is 0 Å². The van der Waals surface area contributed by atoms with Crippen molar-refractivity contribution in [3.63, 3.8) is 0 Å². The number of carboxylic acids is 1. The number of nitrogens with zero attached hydrogens (tertiary/aromatic N) is 2. The van der Waals surface area contributed by atoms with Crippen LogP contribution in [0.1, 0.15) is 42.5 Å². The van der Waals surface area contributed by atoms with Gasteiger partial charge in [0.1, 0.15) is 5.56 Å². The number of aromatic carboxylic acids is 1. The van der Waals surface area contributed by atoms with Crippen molar-refractivity contribution in [1.29, 1.82) is 0 Å². The molecule has 0 amide bonds. The number of pyridine rings is 1. The van der Waals surface area contributed by atoms with Crippen molar-refractivity contribution in [2.45, 2.75) is 38.1 Å². The number of hydrogen-bond acceptors (Lipinski definition) is 3. The Kier molecular flexibility index (Phi) is 3.61. The first kappa shape index (κ1) is 11.9. The van der Waals surface area contributed by atoms with Gasteiger partial charge in [0, 0.05) is 25.5 Å². The highest BCUT2D eigenvalue weighted by Gasteiger charge is 2.21. The first-order valence-electron chi connectivity index (χ1n) is 6.10. The summed E-state index contributed by atoms with van der Waals surface area (Å²) in [6, 6.07) is 2.25. The van der Waals surface area contributed by atoms with Crippen LogP contribution in [-0.2, 0) is 0 Å². The molecule has 0 radical (unpaired) electrons. The molecular weight excluding hydrogens is 216 g/mol. The second-order valence-corrected chi connectivity index (χ2v) is 4.60. The summed E-state index contributed by atoms with van der Waals surface area (Å²) in [6.07, 6.45) is 9.16. The lowest BCUT2D eigenvalue weighted by Crippen LogP contribution is -2.34. The molecule has 2 rings (SSSR count). The average Bonchev–Trinajstić information content (AvgIpc) is 2.39. The van der Waals surface area contributed by atoms with Gasteiger partial charge in [-0.05, 0) is 18.9 Å². The molecule has 1 aromatic rings. The molecule has 1 N–H and O–H groups in total. The van der Waals surface area contributed by atoms with Crippen LogP contribution in [0.3, 0.4) is 0 Å². The molecule has 0 aromatic carbocycles. The van der Waals surface area contributed by atoms with Crippen LogP contribution in [-0.4, -0.2) is 29.1 Å². The van der Waals surface area contributed by atoms with Crippen LogP contribution in [0.25, 0.3) is 0 Å². The third kappa shape index (κ3) is 2.57. The molecule has 1 fully saturated rings. The molecule has 0 aliphatic heterocycles. The van der Waals surface area contributed by atoms with E-state index in [9.17, 15) is 4.79 Å². The van der Waals surface area contributed by atoms with Crippen LogP contribution in [0.4, 0.5) is 5.69 Å². The summed E-state index contributed by atoms with van der Waals surface area (Å²) >= 11 is 0. The summed E-state index contributed by atoms with van der Waals surface area (Å²) in [7, 11) is 1.98. The van der Waals surface area contributed by atoms with Gasteiger partial charge < -0.3 is 10.0 Å². The Hall–Kier alpha value is -1.58. The van der Waals surface area contributed by atoms with Crippen molar-refractivity contribution in [3.05, 3.63) is 24.0 Å². The van der Waals surface area contributed by atoms with E-state index in [0.29, 0.717) is 11.6 Å². The smallest absolute Gasteiger partial charge is 0.339 e. The predicted molar refractivity (Wildman–Crippen MR) is 66.5 cm³/mol. The minimum absolute atomic E-state index is 0.292. The van der Waals surface area contributed by atoms with Gasteiger partial charge in [-0.15, -0.1) is 0 Å². The van der Waals surface area contributed by atoms with Crippen molar-refractivity contribution >= 4 is 11.7 Å². The summed E-state index contributed by atoms with van der Waals surface area (Å²) < 4.78 is 0. The zero-order chi connectivity index (χ0) is 12.3. The molecule has 92 valence electrons. The van der Waals surface area contributed by atoms with Crippen molar-refractivity contribution < 1.29 is 9.90 Å². The van der Waals surface area contributed by atoms with Crippen LogP contribution in [0.5, 0.6) is 0 Å². The minimum Gasteiger partial charge on any atom is -0.478 e. The maximum atomic E-state index is 11.1. The fourth-order valence-electron chi connectivity index (χ4n) is 2.52. The molecule has 0 bridgehead atoms. The normalized spacial score (nSPS) is 16.8. The Bertz CT molecular complexity index is 400. The highest BCUT2D eigenvalue weighted by molar-refractivity contribution is 5.94. The Morgan fingerprint density at radius 3 is 2.76 bits per heavy atom. The molecule has 17 heavy (non-hydrogen) atoms. The fourth-order valence-corrected chi connectivity index (χ4v) is 2.52. The van der Waals surface area contributed by atoms with Crippen molar-refractivity contribution in [2.24, 2.45) is 0 Å². The maximum Gasteiger partial charge on any atom is 0.339 e. The molecule has 4 heteroatoms. The number of anilines is 1. The Morgan fingerprint density at radius 1 is 1.41 bits per heavy atom. The van der Waals surface area contributed by atoms with E-state index in [2.05, 4.69) is 9.88 Å². The molecule has 0 atom stereocenters. The summed E-state index contributed by atoms with van der Waals surface area (Å²) in [5.74, 6) is -0.907. The van der Waals surface area contributed by atoms with Gasteiger partial charge in [0.2, 0.25) is 0 Å². The van der Waals surface area contributed by atoms with Crippen molar-refractivity contribution in [2.75, 3.05) is 11.9 Å². The maximum absolute atomic E-state index is 11.1. The molecule has 0 saturated heterocycles. The lowest BCUT2D eigenvalue weighted by atomic mass is 9.94. The zero-order valence-electron chi connectivity index (χ0n) is 10.1. The molecule has 1 aliphatic carbocycles. The quantitative estimate of drug-likeness (QED) is 0.873. The lowest BCUT2D eigenvalue weighted by Gasteiger charge is -2.33. The second kappa shape index (κ2) is 5.17. The van der Waals surface area contributed by atoms with Gasteiger partial charge >= 0.3 is 5.97 Å². The van der Waals surface area contributed by atoms with E-state index in [1.54, 1.807) is 12.3 Å². The van der Waals surface area contributed by atoms with Gasteiger partial charge in [-0.25, -0.2) is 4.79 Å². The Morgan fingerprint density at radius 2 is 2.12 bits per heavy atom. The number of carboxylic acid groups (broad SMARTS) is 1. The minimum atomic E-state index is -0.907. The Labute approximate surface area is 101 Å². The number of aromatic nitrogens is 1. The highest BCUT2D eigenvalue weighted by atomic mass is 16.4. The van der Waals surface area contributed by atoms with E-state index in [1.165, 1.54) is 25.5 Å². The SMILES string of the molecule is CN(c1ccncc1C(=O)O)C1CCCCC1. The highest BCUT2D eigenvalue weighted by Crippen LogP contribution is 2.27. The second-order valence-electron chi connectivity index (χ2n) is 4.60. The summed E-state index contributed by atoms with van der Waals surface area (Å²) in [4.78, 5) is 17.1. The average molecular weight is 234 g/mol. The summed E-state index contributed by atoms with van der Waals surface area (Å²) in [5, 5.41) is 9.15. The van der Waals surface area contributed by atoms with Crippen LogP contribution < -0.4 is 4.90 Å². The van der Waals surface area contributed by atoms with Gasteiger partial charge in [-0.1, -0.05) is 19.3 Å². The fraction of sp³-hybridized carbons (Fsp3) is 0.538. The first-order valence-corrected chi connectivity index (χ1v) is 6.10. The topological polar surface area (TPSA) is 53.4 Å². The number of hydrogen-bond donors (Lipinski definition) is 1. The summed E-state index contributed by atoms with van der Waals surface area (Å²) in [6.45, 7) is 0. The number of carbonyl (C=O) groups is 1. The predicted octanol–water partition coefficient (Wildman–Crippen LogP) is 2.55. The van der Waals surface area contributed by atoms with Crippen LogP contribution in [0, 0.1) is 0 Å². The molecule has 0 unspecified atom stereocenters. The Balaban J connectivity index is 2.23. The third-order valence-corrected chi connectivity index (χ3v) is 3.53. The molecule has 1 aliphatic rings. The molecule has 4 nitrogen and oxygen atoms in total. The standard InChI is InChI=1S/C13H18N2O2/c1-15(10-5-3-2-4-6-10)12-7-8-14-9-11(12)13(16)17/h7-10H,2-6H2,1H3,(H,16,17). The van der Waals surface area contributed by atoms with E-state index >= 15 is 0 Å². The molecular formula is C13H18N2O2. The molecule has 1 aromatic heterocycles. The van der Waals surface area contributed by atoms with E-state index in [-0.39, 0.29) is 0 Å². The molecule has 0 spiro atoms. The van der Waals surface area contributed by atoms with Gasteiger partial charge in [0.15, 0.2) is 0 Å². The zero-order valence-corrected chi connectivity index (χ0v) is 10.1. The first-order chi connectivity index (χ1) is 8.20. The third-order valence-electron chi connectivity index (χ3n) is 3.53. The van der Waals surface area contributed by atoms with Crippen molar-refractivity contribution in [1.82, 2.24) is 4.98 Å². The van der Waals surface area contributed by atoms with E-state index in [4.69, 9.17) is 5.11 Å². The van der Waals surface area contributed by atoms with Crippen LogP contribution >= 0.6 is 0 Å². The molecule has 1 saturated carbocycles.